The number of hydrogen-bond acceptors (Lipinski definition) is 13. The number of carbonyl (C=O) groups excluding carboxylic acids is 3. The van der Waals surface area contributed by atoms with Gasteiger partial charge in [0.1, 0.15) is 41.1 Å². The van der Waals surface area contributed by atoms with Crippen LogP contribution in [0, 0.1) is 4.64 Å². The molecular formula is C34H30N4O10S. The van der Waals surface area contributed by atoms with E-state index >= 15 is 0 Å². The minimum atomic E-state index is -1.27. The van der Waals surface area contributed by atoms with Gasteiger partial charge < -0.3 is 38.1 Å². The van der Waals surface area contributed by atoms with Gasteiger partial charge in [0, 0.05) is 0 Å². The number of aromatic amines is 1. The molecule has 1 N–H and O–H groups in total. The van der Waals surface area contributed by atoms with Gasteiger partial charge in [0.15, 0.2) is 23.1 Å². The quantitative estimate of drug-likeness (QED) is 0.116. The van der Waals surface area contributed by atoms with Crippen LogP contribution in [0.15, 0.2) is 85.5 Å². The Labute approximate surface area is 284 Å². The molecule has 0 spiro atoms. The van der Waals surface area contributed by atoms with E-state index < -0.39 is 42.4 Å². The summed E-state index contributed by atoms with van der Waals surface area (Å²) in [6.07, 6.45) is -1.94. The zero-order valence-corrected chi connectivity index (χ0v) is 27.2. The van der Waals surface area contributed by atoms with Crippen LogP contribution in [0.1, 0.15) is 37.3 Å². The molecule has 1 aliphatic heterocycles. The highest BCUT2D eigenvalue weighted by Crippen LogP contribution is 2.37. The van der Waals surface area contributed by atoms with Crippen molar-refractivity contribution in [3.8, 4) is 17.2 Å². The molecule has 3 aromatic carbocycles. The molecule has 1 fully saturated rings. The molecule has 3 heterocycles. The van der Waals surface area contributed by atoms with Crippen LogP contribution in [0.2, 0.25) is 0 Å². The molecule has 0 bridgehead atoms. The van der Waals surface area contributed by atoms with E-state index in [1.807, 2.05) is 0 Å². The first-order chi connectivity index (χ1) is 23.8. The maximum Gasteiger partial charge on any atom is 0.338 e. The SMILES string of the molecule is COc1ccc(C(=O)OC[C@H]2O[C@@H](n3cnc4c(=S)nc[nH]c43)[C@@H](OC(=O)c3ccc(OC)cc3)[C@H]2OC(=O)c2ccc(OC)cc2)cc1. The first kappa shape index (κ1) is 33.1. The number of nitrogens with zero attached hydrogens (tertiary/aromatic N) is 3. The zero-order chi connectivity index (χ0) is 34.5. The van der Waals surface area contributed by atoms with Crippen molar-refractivity contribution < 1.29 is 47.5 Å². The van der Waals surface area contributed by atoms with Gasteiger partial charge in [-0.2, -0.15) is 0 Å². The molecule has 1 aliphatic rings. The summed E-state index contributed by atoms with van der Waals surface area (Å²) < 4.78 is 41.5. The summed E-state index contributed by atoms with van der Waals surface area (Å²) in [4.78, 5) is 51.6. The molecule has 49 heavy (non-hydrogen) atoms. The number of fused-ring (bicyclic) bond motifs is 1. The third kappa shape index (κ3) is 7.07. The van der Waals surface area contributed by atoms with Crippen molar-refractivity contribution in [1.29, 1.82) is 0 Å². The van der Waals surface area contributed by atoms with E-state index in [1.54, 1.807) is 53.1 Å². The highest BCUT2D eigenvalue weighted by atomic mass is 32.1. The third-order valence-corrected chi connectivity index (χ3v) is 8.08. The predicted octanol–water partition coefficient (Wildman–Crippen LogP) is 4.72. The molecule has 0 radical (unpaired) electrons. The number of methoxy groups -OCH3 is 3. The minimum Gasteiger partial charge on any atom is -0.497 e. The average molecular weight is 687 g/mol. The fraction of sp³-hybridized carbons (Fsp3) is 0.235. The van der Waals surface area contributed by atoms with E-state index in [0.29, 0.717) is 28.4 Å². The summed E-state index contributed by atoms with van der Waals surface area (Å²) in [5, 5.41) is 0. The molecule has 0 amide bonds. The van der Waals surface area contributed by atoms with Crippen LogP contribution in [0.5, 0.6) is 17.2 Å². The number of ether oxygens (including phenoxy) is 7. The maximum absolute atomic E-state index is 13.6. The Balaban J connectivity index is 1.36. The summed E-state index contributed by atoms with van der Waals surface area (Å²) in [6.45, 7) is -0.372. The molecule has 2 aromatic heterocycles. The number of hydrogen-bond donors (Lipinski definition) is 1. The Morgan fingerprint density at radius 1 is 0.735 bits per heavy atom. The van der Waals surface area contributed by atoms with Gasteiger partial charge in [-0.25, -0.2) is 24.4 Å². The van der Waals surface area contributed by atoms with Crippen LogP contribution in [0.4, 0.5) is 0 Å². The van der Waals surface area contributed by atoms with Gasteiger partial charge in [-0.15, -0.1) is 0 Å². The van der Waals surface area contributed by atoms with Gasteiger partial charge in [-0.05, 0) is 72.8 Å². The van der Waals surface area contributed by atoms with Crippen molar-refractivity contribution in [2.45, 2.75) is 24.5 Å². The van der Waals surface area contributed by atoms with Crippen LogP contribution >= 0.6 is 12.2 Å². The van der Waals surface area contributed by atoms with E-state index in [-0.39, 0.29) is 27.9 Å². The topological polar surface area (TPSA) is 162 Å². The lowest BCUT2D eigenvalue weighted by atomic mass is 10.1. The number of imidazole rings is 1. The van der Waals surface area contributed by atoms with Gasteiger partial charge in [0.25, 0.3) is 0 Å². The van der Waals surface area contributed by atoms with Crippen LogP contribution in [0.3, 0.4) is 0 Å². The Hall–Kier alpha value is -5.80. The molecule has 15 heteroatoms. The molecular weight excluding hydrogens is 656 g/mol. The van der Waals surface area contributed by atoms with Crippen molar-refractivity contribution >= 4 is 41.3 Å². The van der Waals surface area contributed by atoms with Gasteiger partial charge in [-0.3, -0.25) is 4.57 Å². The Morgan fingerprint density at radius 2 is 1.22 bits per heavy atom. The Bertz CT molecular complexity index is 2010. The van der Waals surface area contributed by atoms with Crippen molar-refractivity contribution in [2.24, 2.45) is 0 Å². The minimum absolute atomic E-state index is 0.196. The summed E-state index contributed by atoms with van der Waals surface area (Å²) in [5.74, 6) is -0.501. The lowest BCUT2D eigenvalue weighted by Gasteiger charge is -2.25. The first-order valence-corrected chi connectivity index (χ1v) is 15.3. The van der Waals surface area contributed by atoms with Crippen molar-refractivity contribution in [3.05, 3.63) is 107 Å². The molecule has 0 aliphatic carbocycles. The molecule has 0 saturated carbocycles. The van der Waals surface area contributed by atoms with E-state index in [1.165, 1.54) is 58.2 Å². The van der Waals surface area contributed by atoms with Crippen LogP contribution in [0.25, 0.3) is 11.2 Å². The molecule has 4 atom stereocenters. The van der Waals surface area contributed by atoms with E-state index in [0.717, 1.165) is 0 Å². The average Bonchev–Trinajstić information content (AvgIpc) is 3.72. The van der Waals surface area contributed by atoms with E-state index in [4.69, 9.17) is 45.4 Å². The van der Waals surface area contributed by atoms with Gasteiger partial charge in [-0.1, -0.05) is 12.2 Å². The van der Waals surface area contributed by atoms with Crippen LogP contribution in [-0.2, 0) is 18.9 Å². The maximum atomic E-state index is 13.6. The summed E-state index contributed by atoms with van der Waals surface area (Å²) in [5.41, 5.74) is 1.43. The number of nitrogens with one attached hydrogen (secondary N) is 1. The standard InChI is InChI=1S/C34H30N4O10S/c1-42-22-10-4-19(5-11-22)32(39)45-16-25-27(47-33(40)20-6-12-23(43-2)13-7-20)28(48-34(41)21-8-14-24(44-3)15-9-21)31(46-25)38-18-37-26-29(38)35-17-36-30(26)49/h4-15,17-18,25,27-28,31H,16H2,1-3H3,(H,35,36,49)/t25-,27+,28+,31-/m1/s1. The molecule has 14 nitrogen and oxygen atoms in total. The molecule has 6 rings (SSSR count). The van der Waals surface area contributed by atoms with Crippen molar-refractivity contribution in [1.82, 2.24) is 19.5 Å². The highest BCUT2D eigenvalue weighted by molar-refractivity contribution is 7.71. The lowest BCUT2D eigenvalue weighted by molar-refractivity contribution is -0.0606. The predicted molar refractivity (Wildman–Crippen MR) is 174 cm³/mol. The zero-order valence-electron chi connectivity index (χ0n) is 26.4. The van der Waals surface area contributed by atoms with Crippen molar-refractivity contribution in [2.75, 3.05) is 27.9 Å². The second kappa shape index (κ2) is 14.5. The fourth-order valence-electron chi connectivity index (χ4n) is 5.21. The second-order valence-corrected chi connectivity index (χ2v) is 11.0. The van der Waals surface area contributed by atoms with Gasteiger partial charge in [0.2, 0.25) is 0 Å². The molecule has 1 saturated heterocycles. The van der Waals surface area contributed by atoms with Crippen molar-refractivity contribution in [3.63, 3.8) is 0 Å². The van der Waals surface area contributed by atoms with Crippen LogP contribution in [-0.4, -0.2) is 83.7 Å². The third-order valence-electron chi connectivity index (χ3n) is 7.78. The number of benzene rings is 3. The number of aromatic nitrogens is 4. The molecule has 5 aromatic rings. The second-order valence-electron chi connectivity index (χ2n) is 10.6. The monoisotopic (exact) mass is 686 g/mol. The smallest absolute Gasteiger partial charge is 0.338 e. The normalized spacial score (nSPS) is 18.4. The number of rotatable bonds is 11. The summed E-state index contributed by atoms with van der Waals surface area (Å²) in [7, 11) is 4.53. The molecule has 252 valence electrons. The van der Waals surface area contributed by atoms with E-state index in [2.05, 4.69) is 15.0 Å². The Morgan fingerprint density at radius 3 is 1.73 bits per heavy atom. The Kier molecular flexibility index (Phi) is 9.82. The van der Waals surface area contributed by atoms with E-state index in [9.17, 15) is 14.4 Å². The summed E-state index contributed by atoms with van der Waals surface area (Å²) in [6, 6.07) is 18.9. The largest absolute Gasteiger partial charge is 0.497 e. The first-order valence-electron chi connectivity index (χ1n) is 14.9. The van der Waals surface area contributed by atoms with Crippen LogP contribution < -0.4 is 14.2 Å². The number of esters is 3. The van der Waals surface area contributed by atoms with Gasteiger partial charge >= 0.3 is 17.9 Å². The fourth-order valence-corrected chi connectivity index (χ4v) is 5.41. The highest BCUT2D eigenvalue weighted by Gasteiger charge is 2.51. The molecule has 0 unspecified atom stereocenters. The number of carbonyl (C=O) groups is 3. The summed E-state index contributed by atoms with van der Waals surface area (Å²) >= 11 is 5.35. The lowest BCUT2D eigenvalue weighted by Crippen LogP contribution is -2.41. The van der Waals surface area contributed by atoms with Gasteiger partial charge in [0.05, 0.1) is 50.7 Å². The number of H-pyrrole nitrogens is 1.